The number of ether oxygens (including phenoxy) is 2. The summed E-state index contributed by atoms with van der Waals surface area (Å²) in [6.45, 7) is 0.394. The monoisotopic (exact) mass is 469 g/mol. The summed E-state index contributed by atoms with van der Waals surface area (Å²) in [4.78, 5) is 13.2. The van der Waals surface area contributed by atoms with Crippen LogP contribution in [0.2, 0.25) is 0 Å². The number of benzene rings is 1. The van der Waals surface area contributed by atoms with Gasteiger partial charge in [0.25, 0.3) is 0 Å². The zero-order chi connectivity index (χ0) is 23.3. The molecule has 0 aliphatic carbocycles. The number of fused-ring (bicyclic) bond motifs is 1. The van der Waals surface area contributed by atoms with E-state index in [1.54, 1.807) is 41.3 Å². The van der Waals surface area contributed by atoms with E-state index in [9.17, 15) is 8.42 Å². The normalized spacial score (nSPS) is 11.8. The van der Waals surface area contributed by atoms with E-state index < -0.39 is 16.1 Å². The van der Waals surface area contributed by atoms with Crippen molar-refractivity contribution in [1.82, 2.24) is 29.3 Å². The average Bonchev–Trinajstić information content (AvgIpc) is 3.24. The second-order valence-electron chi connectivity index (χ2n) is 7.08. The van der Waals surface area contributed by atoms with Crippen LogP contribution in [0.1, 0.15) is 0 Å². The lowest BCUT2D eigenvalue weighted by Gasteiger charge is -2.17. The molecular formula is C21H23N7O4S. The van der Waals surface area contributed by atoms with Gasteiger partial charge in [-0.15, -0.1) is 0 Å². The Morgan fingerprint density at radius 1 is 1.00 bits per heavy atom. The molecule has 172 valence electrons. The van der Waals surface area contributed by atoms with E-state index in [2.05, 4.69) is 30.1 Å². The minimum absolute atomic E-state index is 0.122. The standard InChI is InChI=1S/C21H23N7O4S/c1-31-13-16(14-32-2)27-33(29,30)17-7-5-15(6-8-17)25-21-22-11-9-18(26-21)19-12-23-20-4-3-10-24-28(19)20/h3-12,16,27H,13-14H2,1-2H3,(H,22,25,26). The Morgan fingerprint density at radius 2 is 1.76 bits per heavy atom. The number of hydrogen-bond donors (Lipinski definition) is 2. The Balaban J connectivity index is 1.50. The molecule has 0 radical (unpaired) electrons. The largest absolute Gasteiger partial charge is 0.383 e. The van der Waals surface area contributed by atoms with Gasteiger partial charge in [-0.25, -0.2) is 32.6 Å². The highest BCUT2D eigenvalue weighted by molar-refractivity contribution is 7.89. The van der Waals surface area contributed by atoms with E-state index in [0.717, 1.165) is 5.69 Å². The van der Waals surface area contributed by atoms with Gasteiger partial charge in [-0.3, -0.25) is 0 Å². The lowest BCUT2D eigenvalue weighted by atomic mass is 10.3. The fourth-order valence-corrected chi connectivity index (χ4v) is 4.42. The van der Waals surface area contributed by atoms with Gasteiger partial charge in [0.1, 0.15) is 5.69 Å². The van der Waals surface area contributed by atoms with Gasteiger partial charge in [0, 0.05) is 32.3 Å². The third-order valence-corrected chi connectivity index (χ3v) is 6.21. The Morgan fingerprint density at radius 3 is 2.48 bits per heavy atom. The van der Waals surface area contributed by atoms with Gasteiger partial charge in [-0.2, -0.15) is 5.10 Å². The lowest BCUT2D eigenvalue weighted by Crippen LogP contribution is -2.41. The number of nitrogens with zero attached hydrogens (tertiary/aromatic N) is 5. The van der Waals surface area contributed by atoms with E-state index in [1.807, 2.05) is 12.1 Å². The Hall–Kier alpha value is -3.45. The van der Waals surface area contributed by atoms with Gasteiger partial charge in [0.05, 0.1) is 36.0 Å². The first-order chi connectivity index (χ1) is 16.0. The number of imidazole rings is 1. The maximum Gasteiger partial charge on any atom is 0.240 e. The molecule has 1 aromatic carbocycles. The number of nitrogens with one attached hydrogen (secondary N) is 2. The highest BCUT2D eigenvalue weighted by atomic mass is 32.2. The summed E-state index contributed by atoms with van der Waals surface area (Å²) in [5.41, 5.74) is 2.71. The number of methoxy groups -OCH3 is 2. The van der Waals surface area contributed by atoms with Crippen LogP contribution in [0.4, 0.5) is 11.6 Å². The first-order valence-corrected chi connectivity index (χ1v) is 11.5. The molecule has 2 N–H and O–H groups in total. The number of anilines is 2. The molecule has 3 aromatic heterocycles. The van der Waals surface area contributed by atoms with Crippen LogP contribution in [0.3, 0.4) is 0 Å². The summed E-state index contributed by atoms with van der Waals surface area (Å²) < 4.78 is 39.7. The van der Waals surface area contributed by atoms with Gasteiger partial charge in [0.15, 0.2) is 5.65 Å². The van der Waals surface area contributed by atoms with E-state index in [-0.39, 0.29) is 18.1 Å². The topological polar surface area (TPSA) is 133 Å². The van der Waals surface area contributed by atoms with Crippen LogP contribution in [0, 0.1) is 0 Å². The predicted octanol–water partition coefficient (Wildman–Crippen LogP) is 1.87. The van der Waals surface area contributed by atoms with Crippen molar-refractivity contribution in [3.05, 3.63) is 61.1 Å². The van der Waals surface area contributed by atoms with E-state index in [0.29, 0.717) is 23.0 Å². The molecule has 0 saturated heterocycles. The second-order valence-corrected chi connectivity index (χ2v) is 8.79. The SMILES string of the molecule is COCC(COC)NS(=O)(=O)c1ccc(Nc2nccc(-c3cnc4cccnn34)n2)cc1. The predicted molar refractivity (Wildman–Crippen MR) is 122 cm³/mol. The fraction of sp³-hybridized carbons (Fsp3) is 0.238. The number of rotatable bonds is 10. The average molecular weight is 470 g/mol. The highest BCUT2D eigenvalue weighted by Gasteiger charge is 2.20. The van der Waals surface area contributed by atoms with Crippen LogP contribution in [0.25, 0.3) is 17.0 Å². The van der Waals surface area contributed by atoms with Crippen molar-refractivity contribution in [3.8, 4) is 11.4 Å². The van der Waals surface area contributed by atoms with Crippen molar-refractivity contribution in [1.29, 1.82) is 0 Å². The fourth-order valence-electron chi connectivity index (χ4n) is 3.22. The number of sulfonamides is 1. The van der Waals surface area contributed by atoms with Crippen LogP contribution in [-0.4, -0.2) is 66.5 Å². The van der Waals surface area contributed by atoms with Gasteiger partial charge in [-0.1, -0.05) is 0 Å². The molecule has 3 heterocycles. The zero-order valence-electron chi connectivity index (χ0n) is 18.0. The van der Waals surface area contributed by atoms with Gasteiger partial charge < -0.3 is 14.8 Å². The van der Waals surface area contributed by atoms with Crippen molar-refractivity contribution < 1.29 is 17.9 Å². The molecule has 0 saturated carbocycles. The molecule has 0 spiro atoms. The van der Waals surface area contributed by atoms with Crippen molar-refractivity contribution in [2.24, 2.45) is 0 Å². The first-order valence-electron chi connectivity index (χ1n) is 9.99. The van der Waals surface area contributed by atoms with E-state index in [1.165, 1.54) is 26.4 Å². The lowest BCUT2D eigenvalue weighted by molar-refractivity contribution is 0.112. The molecule has 0 aliphatic heterocycles. The molecule has 33 heavy (non-hydrogen) atoms. The summed E-state index contributed by atoms with van der Waals surface area (Å²) in [7, 11) is -0.735. The van der Waals surface area contributed by atoms with Gasteiger partial charge in [0.2, 0.25) is 16.0 Å². The Labute approximate surface area is 190 Å². The van der Waals surface area contributed by atoms with Crippen molar-refractivity contribution in [2.45, 2.75) is 10.9 Å². The zero-order valence-corrected chi connectivity index (χ0v) is 18.9. The molecule has 12 heteroatoms. The molecule has 11 nitrogen and oxygen atoms in total. The quantitative estimate of drug-likeness (QED) is 0.357. The number of aromatic nitrogens is 5. The summed E-state index contributed by atoms with van der Waals surface area (Å²) in [6, 6.07) is 11.2. The maximum atomic E-state index is 12.7. The molecule has 4 rings (SSSR count). The third kappa shape index (κ3) is 5.31. The van der Waals surface area contributed by atoms with Crippen molar-refractivity contribution >= 4 is 27.3 Å². The minimum Gasteiger partial charge on any atom is -0.383 e. The molecule has 0 amide bonds. The van der Waals surface area contributed by atoms with E-state index in [4.69, 9.17) is 9.47 Å². The molecule has 0 aliphatic rings. The van der Waals surface area contributed by atoms with E-state index >= 15 is 0 Å². The van der Waals surface area contributed by atoms with Gasteiger partial charge >= 0.3 is 0 Å². The van der Waals surface area contributed by atoms with Crippen LogP contribution in [-0.2, 0) is 19.5 Å². The molecule has 0 atom stereocenters. The maximum absolute atomic E-state index is 12.7. The first kappa shape index (κ1) is 22.7. The Bertz CT molecular complexity index is 1320. The Kier molecular flexibility index (Phi) is 6.89. The third-order valence-electron chi connectivity index (χ3n) is 4.67. The molecule has 4 aromatic rings. The van der Waals surface area contributed by atoms with Crippen LogP contribution >= 0.6 is 0 Å². The molecule has 0 fully saturated rings. The van der Waals surface area contributed by atoms with Crippen molar-refractivity contribution in [3.63, 3.8) is 0 Å². The van der Waals surface area contributed by atoms with Crippen LogP contribution in [0.5, 0.6) is 0 Å². The minimum atomic E-state index is -3.74. The van der Waals surface area contributed by atoms with Crippen molar-refractivity contribution in [2.75, 3.05) is 32.8 Å². The summed E-state index contributed by atoms with van der Waals surface area (Å²) in [5.74, 6) is 0.354. The molecular weight excluding hydrogens is 446 g/mol. The summed E-state index contributed by atoms with van der Waals surface area (Å²) in [5, 5.41) is 7.39. The smallest absolute Gasteiger partial charge is 0.240 e. The molecule has 0 bridgehead atoms. The number of hydrogen-bond acceptors (Lipinski definition) is 9. The summed E-state index contributed by atoms with van der Waals surface area (Å²) in [6.07, 6.45) is 5.00. The highest BCUT2D eigenvalue weighted by Crippen LogP contribution is 2.21. The van der Waals surface area contributed by atoms with Gasteiger partial charge in [-0.05, 0) is 42.5 Å². The van der Waals surface area contributed by atoms with Crippen LogP contribution < -0.4 is 10.0 Å². The van der Waals surface area contributed by atoms with Crippen LogP contribution in [0.15, 0.2) is 66.0 Å². The second kappa shape index (κ2) is 10.0. The summed E-state index contributed by atoms with van der Waals surface area (Å²) >= 11 is 0. The molecule has 0 unspecified atom stereocenters.